The van der Waals surface area contributed by atoms with Crippen molar-refractivity contribution in [3.8, 4) is 17.3 Å². The van der Waals surface area contributed by atoms with Crippen molar-refractivity contribution >= 4 is 40.7 Å². The lowest BCUT2D eigenvalue weighted by Crippen LogP contribution is -2.43. The molecule has 2 aromatic carbocycles. The number of aromatic amines is 2. The third-order valence-electron chi connectivity index (χ3n) is 6.56. The van der Waals surface area contributed by atoms with Gasteiger partial charge >= 0.3 is 5.97 Å². The molecule has 3 aromatic heterocycles. The first kappa shape index (κ1) is 28.8. The molecular weight excluding hydrogens is 552 g/mol. The van der Waals surface area contributed by atoms with E-state index in [0.29, 0.717) is 23.0 Å². The van der Waals surface area contributed by atoms with E-state index < -0.39 is 17.9 Å². The SMILES string of the molecule is CC(C)C(=O)Nc1c(-c2ncc(/C=N\Oc3ccccc3)[nH]2)ncn1CC(=O)N[C@@H](Cc1c[nH]c2ccccc12)C(=O)O. The first-order valence-electron chi connectivity index (χ1n) is 13.5. The van der Waals surface area contributed by atoms with Gasteiger partial charge in [0.15, 0.2) is 11.6 Å². The Hall–Kier alpha value is -5.72. The van der Waals surface area contributed by atoms with Crippen molar-refractivity contribution in [3.63, 3.8) is 0 Å². The number of H-pyrrole nitrogens is 2. The van der Waals surface area contributed by atoms with Gasteiger partial charge in [-0.05, 0) is 23.8 Å². The normalized spacial score (nSPS) is 12.1. The molecule has 220 valence electrons. The molecule has 0 unspecified atom stereocenters. The number of nitrogens with zero attached hydrogens (tertiary/aromatic N) is 4. The van der Waals surface area contributed by atoms with Crippen molar-refractivity contribution in [1.29, 1.82) is 0 Å². The van der Waals surface area contributed by atoms with E-state index in [4.69, 9.17) is 4.84 Å². The van der Waals surface area contributed by atoms with E-state index in [0.717, 1.165) is 16.5 Å². The Morgan fingerprint density at radius 1 is 1.09 bits per heavy atom. The van der Waals surface area contributed by atoms with Gasteiger partial charge in [-0.3, -0.25) is 9.59 Å². The largest absolute Gasteiger partial charge is 0.480 e. The van der Waals surface area contributed by atoms with E-state index in [1.165, 1.54) is 23.3 Å². The predicted molar refractivity (Wildman–Crippen MR) is 160 cm³/mol. The number of carbonyl (C=O) groups excluding carboxylic acids is 2. The molecule has 5 rings (SSSR count). The number of amides is 2. The highest BCUT2D eigenvalue weighted by Gasteiger charge is 2.24. The van der Waals surface area contributed by atoms with Crippen LogP contribution in [0, 0.1) is 5.92 Å². The lowest BCUT2D eigenvalue weighted by Gasteiger charge is -2.16. The number of benzene rings is 2. The van der Waals surface area contributed by atoms with Crippen LogP contribution in [0.25, 0.3) is 22.4 Å². The molecular formula is C30H30N8O5. The Morgan fingerprint density at radius 2 is 1.86 bits per heavy atom. The summed E-state index contributed by atoms with van der Waals surface area (Å²) in [6, 6.07) is 15.4. The Balaban J connectivity index is 1.32. The number of aromatic nitrogens is 5. The summed E-state index contributed by atoms with van der Waals surface area (Å²) in [5.41, 5.74) is 2.45. The number of oxime groups is 1. The maximum Gasteiger partial charge on any atom is 0.326 e. The molecule has 0 bridgehead atoms. The van der Waals surface area contributed by atoms with Crippen molar-refractivity contribution in [2.75, 3.05) is 5.32 Å². The van der Waals surface area contributed by atoms with E-state index in [1.54, 1.807) is 32.2 Å². The van der Waals surface area contributed by atoms with Gasteiger partial charge in [0.25, 0.3) is 0 Å². The summed E-state index contributed by atoms with van der Waals surface area (Å²) >= 11 is 0. The van der Waals surface area contributed by atoms with E-state index in [1.807, 2.05) is 42.5 Å². The lowest BCUT2D eigenvalue weighted by atomic mass is 10.0. The molecule has 0 radical (unpaired) electrons. The molecule has 5 aromatic rings. The Labute approximate surface area is 246 Å². The van der Waals surface area contributed by atoms with E-state index in [-0.39, 0.29) is 30.6 Å². The number of rotatable bonds is 12. The van der Waals surface area contributed by atoms with Crippen LogP contribution in [-0.4, -0.2) is 59.6 Å². The molecule has 0 saturated heterocycles. The van der Waals surface area contributed by atoms with Gasteiger partial charge in [0.1, 0.15) is 24.1 Å². The lowest BCUT2D eigenvalue weighted by molar-refractivity contribution is -0.141. The minimum atomic E-state index is -1.17. The van der Waals surface area contributed by atoms with Crippen LogP contribution >= 0.6 is 0 Å². The molecule has 13 heteroatoms. The number of hydrogen-bond acceptors (Lipinski definition) is 7. The summed E-state index contributed by atoms with van der Waals surface area (Å²) in [6.45, 7) is 3.18. The quantitative estimate of drug-likeness (QED) is 0.110. The van der Waals surface area contributed by atoms with Crippen LogP contribution in [-0.2, 0) is 27.3 Å². The fraction of sp³-hybridized carbons (Fsp3) is 0.200. The molecule has 2 amide bonds. The van der Waals surface area contributed by atoms with Crippen molar-refractivity contribution in [2.24, 2.45) is 11.1 Å². The second-order valence-electron chi connectivity index (χ2n) is 10.1. The summed E-state index contributed by atoms with van der Waals surface area (Å²) in [4.78, 5) is 58.0. The zero-order chi connectivity index (χ0) is 30.3. The Bertz CT molecular complexity index is 1770. The van der Waals surface area contributed by atoms with Gasteiger partial charge in [0.2, 0.25) is 11.8 Å². The smallest absolute Gasteiger partial charge is 0.326 e. The Morgan fingerprint density at radius 3 is 2.63 bits per heavy atom. The average Bonchev–Trinajstić information content (AvgIpc) is 3.72. The number of carboxylic acids is 1. The summed E-state index contributed by atoms with van der Waals surface area (Å²) in [6.07, 6.45) is 6.18. The van der Waals surface area contributed by atoms with E-state index >= 15 is 0 Å². The number of carboxylic acid groups (broad SMARTS) is 1. The monoisotopic (exact) mass is 582 g/mol. The van der Waals surface area contributed by atoms with Gasteiger partial charge in [0.05, 0.1) is 24.4 Å². The molecule has 5 N–H and O–H groups in total. The van der Waals surface area contributed by atoms with Gasteiger partial charge in [-0.15, -0.1) is 0 Å². The van der Waals surface area contributed by atoms with Crippen LogP contribution < -0.4 is 15.5 Å². The van der Waals surface area contributed by atoms with E-state index in [9.17, 15) is 19.5 Å². The topological polar surface area (TPSA) is 179 Å². The third kappa shape index (κ3) is 6.96. The molecule has 43 heavy (non-hydrogen) atoms. The molecule has 13 nitrogen and oxygen atoms in total. The number of hydrogen-bond donors (Lipinski definition) is 5. The summed E-state index contributed by atoms with van der Waals surface area (Å²) in [5.74, 6) is -1.26. The zero-order valence-corrected chi connectivity index (χ0v) is 23.4. The average molecular weight is 583 g/mol. The maximum atomic E-state index is 13.1. The number of fused-ring (bicyclic) bond motifs is 1. The Kier molecular flexibility index (Phi) is 8.61. The zero-order valence-electron chi connectivity index (χ0n) is 23.4. The molecule has 0 saturated carbocycles. The molecule has 0 aliphatic carbocycles. The first-order valence-corrected chi connectivity index (χ1v) is 13.5. The fourth-order valence-corrected chi connectivity index (χ4v) is 4.33. The number of para-hydroxylation sites is 2. The van der Waals surface area contributed by atoms with Gasteiger partial charge in [-0.25, -0.2) is 14.8 Å². The van der Waals surface area contributed by atoms with Gasteiger partial charge in [0, 0.05) is 29.4 Å². The summed E-state index contributed by atoms with van der Waals surface area (Å²) in [5, 5.41) is 20.1. The molecule has 0 aliphatic heterocycles. The second-order valence-corrected chi connectivity index (χ2v) is 10.1. The highest BCUT2D eigenvalue weighted by atomic mass is 16.6. The van der Waals surface area contributed by atoms with E-state index in [2.05, 4.69) is 35.7 Å². The molecule has 3 heterocycles. The van der Waals surface area contributed by atoms with Crippen LogP contribution in [0.1, 0.15) is 25.1 Å². The van der Waals surface area contributed by atoms with Crippen molar-refractivity contribution in [1.82, 2.24) is 29.8 Å². The fourth-order valence-electron chi connectivity index (χ4n) is 4.33. The summed E-state index contributed by atoms with van der Waals surface area (Å²) < 4.78 is 1.43. The van der Waals surface area contributed by atoms with Crippen LogP contribution in [0.2, 0.25) is 0 Å². The van der Waals surface area contributed by atoms with Gasteiger partial charge in [-0.2, -0.15) is 0 Å². The minimum absolute atomic E-state index is 0.0852. The van der Waals surface area contributed by atoms with Crippen molar-refractivity contribution in [3.05, 3.63) is 84.6 Å². The maximum absolute atomic E-state index is 13.1. The molecule has 1 atom stereocenters. The first-order chi connectivity index (χ1) is 20.8. The number of anilines is 1. The third-order valence-corrected chi connectivity index (χ3v) is 6.56. The van der Waals surface area contributed by atoms with Crippen LogP contribution in [0.3, 0.4) is 0 Å². The number of imidazole rings is 2. The highest BCUT2D eigenvalue weighted by Crippen LogP contribution is 2.25. The van der Waals surface area contributed by atoms with Crippen LogP contribution in [0.15, 0.2) is 78.5 Å². The van der Waals surface area contributed by atoms with Gasteiger partial charge in [-0.1, -0.05) is 55.4 Å². The van der Waals surface area contributed by atoms with Crippen LogP contribution in [0.5, 0.6) is 5.75 Å². The molecule has 0 spiro atoms. The number of nitrogens with one attached hydrogen (secondary N) is 4. The van der Waals surface area contributed by atoms with Crippen LogP contribution in [0.4, 0.5) is 5.82 Å². The standard InChI is InChI=1S/C30H30N8O5/c1-18(2)29(40)37-28-26(27-32-14-20(35-27)15-34-43-21-8-4-3-5-9-21)33-17-38(28)16-25(39)36-24(30(41)42)12-19-13-31-23-11-7-6-10-22(19)23/h3-11,13-15,17-18,24,31H,12,16H2,1-2H3,(H,32,35)(H,36,39)(H,37,40)(H,41,42)/b34-15-/t24-/m0/s1. The second kappa shape index (κ2) is 12.9. The summed E-state index contributed by atoms with van der Waals surface area (Å²) in [7, 11) is 0. The minimum Gasteiger partial charge on any atom is -0.480 e. The number of aliphatic carboxylic acids is 1. The van der Waals surface area contributed by atoms with Gasteiger partial charge < -0.3 is 35.1 Å². The highest BCUT2D eigenvalue weighted by molar-refractivity contribution is 5.95. The molecule has 0 fully saturated rings. The number of carbonyl (C=O) groups is 3. The predicted octanol–water partition coefficient (Wildman–Crippen LogP) is 3.57. The molecule has 0 aliphatic rings. The van der Waals surface area contributed by atoms with Crippen molar-refractivity contribution in [2.45, 2.75) is 32.9 Å². The van der Waals surface area contributed by atoms with Crippen molar-refractivity contribution < 1.29 is 24.3 Å².